The molecular weight excluding hydrogens is 302 g/mol. The summed E-state index contributed by atoms with van der Waals surface area (Å²) in [6.45, 7) is 5.38. The number of carbonyl (C=O) groups excluding carboxylic acids is 3. The van der Waals surface area contributed by atoms with Gasteiger partial charge < -0.3 is 25.8 Å². The summed E-state index contributed by atoms with van der Waals surface area (Å²) in [5, 5.41) is 11.9. The smallest absolute Gasteiger partial charge is 0.405 e. The predicted molar refractivity (Wildman–Crippen MR) is 85.5 cm³/mol. The number of nitrogens with one attached hydrogen (secondary N) is 1. The van der Waals surface area contributed by atoms with Gasteiger partial charge in [-0.05, 0) is 18.3 Å². The summed E-state index contributed by atoms with van der Waals surface area (Å²) in [5.41, 5.74) is 4.75. The number of rotatable bonds is 8. The van der Waals surface area contributed by atoms with Crippen LogP contribution in [0.25, 0.3) is 0 Å². The molecule has 0 saturated carbocycles. The van der Waals surface area contributed by atoms with Crippen molar-refractivity contribution >= 4 is 17.9 Å². The van der Waals surface area contributed by atoms with Crippen LogP contribution in [0.2, 0.25) is 0 Å². The number of aliphatic hydroxyl groups is 1. The normalized spacial score (nSPS) is 13.8. The molecule has 0 aromatic rings. The zero-order valence-electron chi connectivity index (χ0n) is 14.6. The fourth-order valence-electron chi connectivity index (χ4n) is 1.91. The first-order valence-corrected chi connectivity index (χ1v) is 7.53. The van der Waals surface area contributed by atoms with E-state index in [-0.39, 0.29) is 37.2 Å². The lowest BCUT2D eigenvalue weighted by molar-refractivity contribution is -0.133. The number of carbonyl (C=O) groups is 3. The molecule has 2 atom stereocenters. The highest BCUT2D eigenvalue weighted by atomic mass is 16.6. The highest BCUT2D eigenvalue weighted by molar-refractivity contribution is 5.83. The molecule has 0 aromatic heterocycles. The van der Waals surface area contributed by atoms with Gasteiger partial charge in [0.25, 0.3) is 5.91 Å². The Morgan fingerprint density at radius 1 is 1.26 bits per heavy atom. The van der Waals surface area contributed by atoms with Crippen molar-refractivity contribution in [3.63, 3.8) is 0 Å². The zero-order valence-corrected chi connectivity index (χ0v) is 14.6. The first-order chi connectivity index (χ1) is 10.5. The van der Waals surface area contributed by atoms with Crippen LogP contribution in [0.5, 0.6) is 0 Å². The fourth-order valence-corrected chi connectivity index (χ4v) is 1.91. The molecule has 0 bridgehead atoms. The maximum atomic E-state index is 12.3. The third-order valence-corrected chi connectivity index (χ3v) is 3.12. The number of nitrogens with two attached hydrogens (primary N) is 1. The van der Waals surface area contributed by atoms with Crippen molar-refractivity contribution in [3.05, 3.63) is 0 Å². The minimum atomic E-state index is -1.04. The van der Waals surface area contributed by atoms with E-state index in [0.29, 0.717) is 0 Å². The SMILES string of the molecule is CN(C)C(=O)CC[C@@H](CO)NC(=O)C(CC(C)(C)C)OC(N)=O. The number of primary amides is 1. The molecule has 0 radical (unpaired) electrons. The third-order valence-electron chi connectivity index (χ3n) is 3.12. The van der Waals surface area contributed by atoms with E-state index < -0.39 is 24.1 Å². The highest BCUT2D eigenvalue weighted by Gasteiger charge is 2.29. The van der Waals surface area contributed by atoms with Crippen molar-refractivity contribution in [1.29, 1.82) is 0 Å². The lowest BCUT2D eigenvalue weighted by atomic mass is 9.89. The molecule has 0 aliphatic rings. The number of nitrogens with zero attached hydrogens (tertiary/aromatic N) is 1. The van der Waals surface area contributed by atoms with Crippen LogP contribution in [0.15, 0.2) is 0 Å². The van der Waals surface area contributed by atoms with Crippen LogP contribution < -0.4 is 11.1 Å². The molecule has 0 aliphatic heterocycles. The van der Waals surface area contributed by atoms with E-state index in [1.54, 1.807) is 14.1 Å². The molecule has 0 spiro atoms. The molecule has 0 saturated heterocycles. The third kappa shape index (κ3) is 9.72. The predicted octanol–water partition coefficient (Wildman–Crippen LogP) is 0.232. The van der Waals surface area contributed by atoms with Gasteiger partial charge in [-0.25, -0.2) is 4.79 Å². The molecule has 8 nitrogen and oxygen atoms in total. The van der Waals surface area contributed by atoms with Gasteiger partial charge in [0, 0.05) is 20.5 Å². The Morgan fingerprint density at radius 3 is 2.22 bits per heavy atom. The largest absolute Gasteiger partial charge is 0.436 e. The molecule has 8 heteroatoms. The van der Waals surface area contributed by atoms with Crippen molar-refractivity contribution in [3.8, 4) is 0 Å². The molecule has 0 aliphatic carbocycles. The van der Waals surface area contributed by atoms with E-state index in [1.807, 2.05) is 20.8 Å². The topological polar surface area (TPSA) is 122 Å². The Morgan fingerprint density at radius 2 is 1.83 bits per heavy atom. The molecule has 0 fully saturated rings. The monoisotopic (exact) mass is 331 g/mol. The number of hydrogen-bond acceptors (Lipinski definition) is 5. The Hall–Kier alpha value is -1.83. The van der Waals surface area contributed by atoms with Gasteiger partial charge in [0.15, 0.2) is 6.10 Å². The van der Waals surface area contributed by atoms with Crippen molar-refractivity contribution in [2.24, 2.45) is 11.1 Å². The first kappa shape index (κ1) is 21.2. The van der Waals surface area contributed by atoms with E-state index >= 15 is 0 Å². The quantitative estimate of drug-likeness (QED) is 0.588. The number of amides is 3. The van der Waals surface area contributed by atoms with Gasteiger partial charge in [0.1, 0.15) is 0 Å². The Balaban J connectivity index is 4.72. The van der Waals surface area contributed by atoms with Gasteiger partial charge in [-0.1, -0.05) is 20.8 Å². The second-order valence-corrected chi connectivity index (χ2v) is 6.91. The Bertz CT molecular complexity index is 418. The molecular formula is C15H29N3O5. The summed E-state index contributed by atoms with van der Waals surface area (Å²) in [7, 11) is 3.27. The second-order valence-electron chi connectivity index (χ2n) is 6.91. The van der Waals surface area contributed by atoms with Crippen molar-refractivity contribution < 1.29 is 24.2 Å². The van der Waals surface area contributed by atoms with Gasteiger partial charge in [0.05, 0.1) is 12.6 Å². The first-order valence-electron chi connectivity index (χ1n) is 7.53. The molecule has 3 amide bonds. The van der Waals surface area contributed by atoms with Crippen LogP contribution >= 0.6 is 0 Å². The van der Waals surface area contributed by atoms with Crippen molar-refractivity contribution in [1.82, 2.24) is 10.2 Å². The van der Waals surface area contributed by atoms with Crippen LogP contribution in [0.4, 0.5) is 4.79 Å². The van der Waals surface area contributed by atoms with E-state index in [2.05, 4.69) is 5.32 Å². The fraction of sp³-hybridized carbons (Fsp3) is 0.800. The summed E-state index contributed by atoms with van der Waals surface area (Å²) < 4.78 is 4.87. The van der Waals surface area contributed by atoms with Gasteiger partial charge >= 0.3 is 6.09 Å². The maximum absolute atomic E-state index is 12.3. The van der Waals surface area contributed by atoms with Crippen LogP contribution in [-0.4, -0.2) is 60.8 Å². The van der Waals surface area contributed by atoms with Crippen LogP contribution in [-0.2, 0) is 14.3 Å². The summed E-state index contributed by atoms with van der Waals surface area (Å²) in [4.78, 5) is 36.2. The highest BCUT2D eigenvalue weighted by Crippen LogP contribution is 2.22. The van der Waals surface area contributed by atoms with Crippen LogP contribution in [0.1, 0.15) is 40.0 Å². The number of hydrogen-bond donors (Lipinski definition) is 3. The van der Waals surface area contributed by atoms with Gasteiger partial charge in [-0.3, -0.25) is 9.59 Å². The van der Waals surface area contributed by atoms with E-state index in [9.17, 15) is 19.5 Å². The lowest BCUT2D eigenvalue weighted by Gasteiger charge is -2.26. The molecule has 1 unspecified atom stereocenters. The lowest BCUT2D eigenvalue weighted by Crippen LogP contribution is -2.46. The van der Waals surface area contributed by atoms with Crippen LogP contribution in [0, 0.1) is 5.41 Å². The van der Waals surface area contributed by atoms with Crippen molar-refractivity contribution in [2.45, 2.75) is 52.2 Å². The van der Waals surface area contributed by atoms with Gasteiger partial charge in [0.2, 0.25) is 5.91 Å². The van der Waals surface area contributed by atoms with Gasteiger partial charge in [-0.15, -0.1) is 0 Å². The van der Waals surface area contributed by atoms with E-state index in [0.717, 1.165) is 0 Å². The zero-order chi connectivity index (χ0) is 18.2. The minimum absolute atomic E-state index is 0.0997. The molecule has 0 rings (SSSR count). The molecule has 0 heterocycles. The van der Waals surface area contributed by atoms with Crippen molar-refractivity contribution in [2.75, 3.05) is 20.7 Å². The molecule has 134 valence electrons. The second kappa shape index (κ2) is 9.34. The molecule has 23 heavy (non-hydrogen) atoms. The summed E-state index contributed by atoms with van der Waals surface area (Å²) in [5.74, 6) is -0.632. The van der Waals surface area contributed by atoms with Gasteiger partial charge in [-0.2, -0.15) is 0 Å². The summed E-state index contributed by atoms with van der Waals surface area (Å²) >= 11 is 0. The molecule has 0 aromatic carbocycles. The summed E-state index contributed by atoms with van der Waals surface area (Å²) in [6, 6.07) is -0.592. The number of aliphatic hydroxyl groups excluding tert-OH is 1. The average Bonchev–Trinajstić information content (AvgIpc) is 2.39. The molecule has 4 N–H and O–H groups in total. The summed E-state index contributed by atoms with van der Waals surface area (Å²) in [6.07, 6.45) is -1.29. The standard InChI is InChI=1S/C15H29N3O5/c1-15(2,3)8-11(23-14(16)22)13(21)17-10(9-19)6-7-12(20)18(4)5/h10-11,19H,6-9H2,1-5H3,(H2,16,22)(H,17,21)/t10-,11?/m0/s1. The van der Waals surface area contributed by atoms with E-state index in [4.69, 9.17) is 10.5 Å². The Kier molecular flexibility index (Phi) is 8.60. The van der Waals surface area contributed by atoms with Crippen LogP contribution in [0.3, 0.4) is 0 Å². The minimum Gasteiger partial charge on any atom is -0.436 e. The number of ether oxygens (including phenoxy) is 1. The average molecular weight is 331 g/mol. The maximum Gasteiger partial charge on any atom is 0.405 e. The van der Waals surface area contributed by atoms with E-state index in [1.165, 1.54) is 4.90 Å². The Labute approximate surface area is 137 Å².